The summed E-state index contributed by atoms with van der Waals surface area (Å²) in [5, 5.41) is 12.9. The molecule has 120 valence electrons. The van der Waals surface area contributed by atoms with Gasteiger partial charge in [0.25, 0.3) is 5.91 Å². The van der Waals surface area contributed by atoms with E-state index < -0.39 is 29.2 Å². The van der Waals surface area contributed by atoms with Crippen molar-refractivity contribution in [1.82, 2.24) is 5.32 Å². The molecule has 1 amide bonds. The molecular formula is C18H17F2NO2. The molecule has 1 aliphatic carbocycles. The van der Waals surface area contributed by atoms with Gasteiger partial charge in [0.2, 0.25) is 0 Å². The van der Waals surface area contributed by atoms with Gasteiger partial charge < -0.3 is 10.4 Å². The van der Waals surface area contributed by atoms with Crippen molar-refractivity contribution in [2.24, 2.45) is 0 Å². The first kappa shape index (κ1) is 15.6. The van der Waals surface area contributed by atoms with Crippen LogP contribution in [0.25, 0.3) is 0 Å². The van der Waals surface area contributed by atoms with Crippen LogP contribution in [0.15, 0.2) is 48.5 Å². The highest BCUT2D eigenvalue weighted by Crippen LogP contribution is 2.42. The lowest BCUT2D eigenvalue weighted by atomic mass is 9.71. The third-order valence-corrected chi connectivity index (χ3v) is 4.38. The van der Waals surface area contributed by atoms with Crippen molar-refractivity contribution < 1.29 is 18.7 Å². The van der Waals surface area contributed by atoms with E-state index in [1.807, 2.05) is 0 Å². The number of rotatable bonds is 4. The third-order valence-electron chi connectivity index (χ3n) is 4.38. The van der Waals surface area contributed by atoms with Crippen LogP contribution in [0.3, 0.4) is 0 Å². The van der Waals surface area contributed by atoms with Crippen molar-refractivity contribution in [3.63, 3.8) is 0 Å². The molecule has 0 aliphatic heterocycles. The van der Waals surface area contributed by atoms with Gasteiger partial charge in [-0.3, -0.25) is 4.79 Å². The molecule has 1 fully saturated rings. The summed E-state index contributed by atoms with van der Waals surface area (Å²) in [6.45, 7) is 0. The zero-order chi connectivity index (χ0) is 16.4. The molecule has 0 aromatic heterocycles. The first-order valence-electron chi connectivity index (χ1n) is 7.52. The van der Waals surface area contributed by atoms with Gasteiger partial charge in [0.15, 0.2) is 6.10 Å². The maximum atomic E-state index is 14.1. The van der Waals surface area contributed by atoms with Gasteiger partial charge in [-0.2, -0.15) is 0 Å². The van der Waals surface area contributed by atoms with Crippen LogP contribution < -0.4 is 5.32 Å². The van der Waals surface area contributed by atoms with Gasteiger partial charge in [-0.05, 0) is 30.9 Å². The molecule has 3 rings (SSSR count). The van der Waals surface area contributed by atoms with E-state index in [1.54, 1.807) is 30.3 Å². The summed E-state index contributed by atoms with van der Waals surface area (Å²) in [5.74, 6) is -1.92. The summed E-state index contributed by atoms with van der Waals surface area (Å²) >= 11 is 0. The van der Waals surface area contributed by atoms with Crippen LogP contribution in [0.2, 0.25) is 0 Å². The van der Waals surface area contributed by atoms with Crippen molar-refractivity contribution in [1.29, 1.82) is 0 Å². The van der Waals surface area contributed by atoms with Crippen LogP contribution in [-0.2, 0) is 10.3 Å². The summed E-state index contributed by atoms with van der Waals surface area (Å²) in [7, 11) is 0. The third kappa shape index (κ3) is 2.97. The lowest BCUT2D eigenvalue weighted by Gasteiger charge is -2.43. The molecule has 0 heterocycles. The summed E-state index contributed by atoms with van der Waals surface area (Å²) in [6.07, 6.45) is 0.626. The normalized spacial score (nSPS) is 17.2. The second kappa shape index (κ2) is 6.08. The number of nitrogens with one attached hydrogen (secondary N) is 1. The minimum absolute atomic E-state index is 0.263. The molecule has 2 aromatic rings. The van der Waals surface area contributed by atoms with E-state index in [2.05, 4.69) is 5.32 Å². The molecule has 23 heavy (non-hydrogen) atoms. The van der Waals surface area contributed by atoms with Crippen molar-refractivity contribution in [2.45, 2.75) is 30.9 Å². The van der Waals surface area contributed by atoms with Crippen LogP contribution >= 0.6 is 0 Å². The number of carbonyl (C=O) groups excluding carboxylic acids is 1. The highest BCUT2D eigenvalue weighted by atomic mass is 19.1. The molecule has 2 aromatic carbocycles. The number of amides is 1. The van der Waals surface area contributed by atoms with E-state index in [9.17, 15) is 18.7 Å². The summed E-state index contributed by atoms with van der Waals surface area (Å²) < 4.78 is 27.2. The highest BCUT2D eigenvalue weighted by Gasteiger charge is 2.43. The topological polar surface area (TPSA) is 49.3 Å². The fraction of sp³-hybridized carbons (Fsp3) is 0.278. The fourth-order valence-electron chi connectivity index (χ4n) is 2.96. The Hall–Kier alpha value is -2.27. The van der Waals surface area contributed by atoms with Crippen molar-refractivity contribution in [3.05, 3.63) is 71.3 Å². The van der Waals surface area contributed by atoms with E-state index in [-0.39, 0.29) is 5.56 Å². The lowest BCUT2D eigenvalue weighted by Crippen LogP contribution is -2.52. The number of aliphatic hydroxyl groups is 1. The standard InChI is InChI=1S/C18H17F2NO2/c19-13-7-8-14(15(20)11-13)18(9-4-10-18)21-17(23)16(22)12-5-2-1-3-6-12/h1-3,5-8,11,16,22H,4,9-10H2,(H,21,23). The Morgan fingerprint density at radius 2 is 1.83 bits per heavy atom. The van der Waals surface area contributed by atoms with Crippen LogP contribution in [0, 0.1) is 11.6 Å². The van der Waals surface area contributed by atoms with Crippen LogP contribution in [-0.4, -0.2) is 11.0 Å². The Bertz CT molecular complexity index is 714. The minimum Gasteiger partial charge on any atom is -0.378 e. The second-order valence-corrected chi connectivity index (χ2v) is 5.86. The molecule has 0 radical (unpaired) electrons. The van der Waals surface area contributed by atoms with E-state index in [0.717, 1.165) is 12.5 Å². The molecule has 5 heteroatoms. The predicted octanol–water partition coefficient (Wildman–Crippen LogP) is 3.19. The molecule has 1 aliphatic rings. The average molecular weight is 317 g/mol. The Labute approximate surface area is 133 Å². The number of halogens is 2. The fourth-order valence-corrected chi connectivity index (χ4v) is 2.96. The molecular weight excluding hydrogens is 300 g/mol. The number of hydrogen-bond acceptors (Lipinski definition) is 2. The quantitative estimate of drug-likeness (QED) is 0.910. The smallest absolute Gasteiger partial charge is 0.254 e. The number of hydrogen-bond donors (Lipinski definition) is 2. The van der Waals surface area contributed by atoms with Crippen LogP contribution in [0.1, 0.15) is 36.5 Å². The Balaban J connectivity index is 1.83. The highest BCUT2D eigenvalue weighted by molar-refractivity contribution is 5.83. The van der Waals surface area contributed by atoms with E-state index >= 15 is 0 Å². The van der Waals surface area contributed by atoms with Gasteiger partial charge in [-0.15, -0.1) is 0 Å². The van der Waals surface area contributed by atoms with Crippen LogP contribution in [0.4, 0.5) is 8.78 Å². The van der Waals surface area contributed by atoms with Crippen molar-refractivity contribution in [2.75, 3.05) is 0 Å². The summed E-state index contributed by atoms with van der Waals surface area (Å²) in [5.41, 5.74) is -0.136. The van der Waals surface area contributed by atoms with Crippen molar-refractivity contribution in [3.8, 4) is 0 Å². The number of carbonyl (C=O) groups is 1. The maximum Gasteiger partial charge on any atom is 0.254 e. The molecule has 1 unspecified atom stereocenters. The summed E-state index contributed by atoms with van der Waals surface area (Å²) in [6, 6.07) is 11.9. The largest absolute Gasteiger partial charge is 0.378 e. The molecule has 0 spiro atoms. The Morgan fingerprint density at radius 3 is 2.39 bits per heavy atom. The van der Waals surface area contributed by atoms with Gasteiger partial charge in [0.05, 0.1) is 5.54 Å². The predicted molar refractivity (Wildman–Crippen MR) is 81.4 cm³/mol. The second-order valence-electron chi connectivity index (χ2n) is 5.86. The van der Waals surface area contributed by atoms with Gasteiger partial charge in [0, 0.05) is 11.6 Å². The zero-order valence-electron chi connectivity index (χ0n) is 12.4. The molecule has 1 saturated carbocycles. The molecule has 2 N–H and O–H groups in total. The lowest BCUT2D eigenvalue weighted by molar-refractivity contribution is -0.133. The maximum absolute atomic E-state index is 14.1. The average Bonchev–Trinajstić information content (AvgIpc) is 2.51. The zero-order valence-corrected chi connectivity index (χ0v) is 12.4. The molecule has 0 bridgehead atoms. The van der Waals surface area contributed by atoms with E-state index in [4.69, 9.17) is 0 Å². The van der Waals surface area contributed by atoms with Gasteiger partial charge in [-0.1, -0.05) is 36.4 Å². The summed E-state index contributed by atoms with van der Waals surface area (Å²) in [4.78, 5) is 12.3. The monoisotopic (exact) mass is 317 g/mol. The minimum atomic E-state index is -1.32. The van der Waals surface area contributed by atoms with E-state index in [1.165, 1.54) is 12.1 Å². The molecule has 1 atom stereocenters. The van der Waals surface area contributed by atoms with Gasteiger partial charge in [-0.25, -0.2) is 8.78 Å². The van der Waals surface area contributed by atoms with Crippen LogP contribution in [0.5, 0.6) is 0 Å². The van der Waals surface area contributed by atoms with Gasteiger partial charge >= 0.3 is 0 Å². The Morgan fingerprint density at radius 1 is 1.13 bits per heavy atom. The number of aliphatic hydroxyl groups excluding tert-OH is 1. The number of benzene rings is 2. The first-order chi connectivity index (χ1) is 11.0. The Kier molecular flexibility index (Phi) is 4.13. The van der Waals surface area contributed by atoms with Crippen molar-refractivity contribution >= 4 is 5.91 Å². The van der Waals surface area contributed by atoms with E-state index in [0.29, 0.717) is 18.4 Å². The van der Waals surface area contributed by atoms with Gasteiger partial charge in [0.1, 0.15) is 11.6 Å². The first-order valence-corrected chi connectivity index (χ1v) is 7.52. The SMILES string of the molecule is O=C(NC1(c2ccc(F)cc2F)CCC1)C(O)c1ccccc1. The molecule has 0 saturated heterocycles. The molecule has 3 nitrogen and oxygen atoms in total.